The Kier molecular flexibility index (Phi) is 5.63. The fourth-order valence-electron chi connectivity index (χ4n) is 3.68. The van der Waals surface area contributed by atoms with E-state index in [0.717, 1.165) is 12.0 Å². The molecule has 0 radical (unpaired) electrons. The van der Waals surface area contributed by atoms with Gasteiger partial charge in [0.15, 0.2) is 0 Å². The molecule has 3 atom stereocenters. The first-order valence-electron chi connectivity index (χ1n) is 8.45. The van der Waals surface area contributed by atoms with Crippen LogP contribution in [0.1, 0.15) is 17.5 Å². The van der Waals surface area contributed by atoms with Crippen molar-refractivity contribution in [3.63, 3.8) is 0 Å². The molecule has 25 heavy (non-hydrogen) atoms. The van der Waals surface area contributed by atoms with Crippen molar-refractivity contribution in [3.05, 3.63) is 35.1 Å². The highest BCUT2D eigenvalue weighted by atomic mass is 19.1. The molecule has 1 amide bonds. The van der Waals surface area contributed by atoms with E-state index in [9.17, 15) is 9.18 Å². The van der Waals surface area contributed by atoms with Gasteiger partial charge in [0.2, 0.25) is 5.91 Å². The van der Waals surface area contributed by atoms with Crippen LogP contribution in [0.4, 0.5) is 4.39 Å². The molecule has 1 N–H and O–H groups in total. The van der Waals surface area contributed by atoms with Crippen LogP contribution in [0, 0.1) is 23.1 Å². The van der Waals surface area contributed by atoms with E-state index < -0.39 is 5.82 Å². The molecule has 2 fully saturated rings. The summed E-state index contributed by atoms with van der Waals surface area (Å²) in [6, 6.07) is 6.63. The second kappa shape index (κ2) is 7.91. The third kappa shape index (κ3) is 3.82. The monoisotopic (exact) mass is 347 g/mol. The van der Waals surface area contributed by atoms with Crippen molar-refractivity contribution in [1.29, 1.82) is 5.26 Å². The number of hydrogen-bond acceptors (Lipinski definition) is 5. The molecule has 134 valence electrons. The van der Waals surface area contributed by atoms with Gasteiger partial charge in [-0.3, -0.25) is 9.69 Å². The van der Waals surface area contributed by atoms with Crippen molar-refractivity contribution in [1.82, 2.24) is 10.2 Å². The highest BCUT2D eigenvalue weighted by molar-refractivity contribution is 5.80. The second-order valence-corrected chi connectivity index (χ2v) is 6.44. The van der Waals surface area contributed by atoms with E-state index in [1.807, 2.05) is 6.07 Å². The summed E-state index contributed by atoms with van der Waals surface area (Å²) in [7, 11) is 1.60. The minimum atomic E-state index is -0.509. The van der Waals surface area contributed by atoms with E-state index in [4.69, 9.17) is 14.7 Å². The zero-order valence-electron chi connectivity index (χ0n) is 14.2. The molecule has 1 aromatic carbocycles. The van der Waals surface area contributed by atoms with Gasteiger partial charge in [-0.2, -0.15) is 5.26 Å². The number of benzene rings is 1. The molecular weight excluding hydrogens is 325 g/mol. The Morgan fingerprint density at radius 3 is 3.16 bits per heavy atom. The minimum absolute atomic E-state index is 0.0201. The number of fused-ring (bicyclic) bond motifs is 1. The van der Waals surface area contributed by atoms with Gasteiger partial charge in [-0.15, -0.1) is 0 Å². The summed E-state index contributed by atoms with van der Waals surface area (Å²) in [4.78, 5) is 14.6. The van der Waals surface area contributed by atoms with Crippen LogP contribution in [0.25, 0.3) is 0 Å². The molecule has 0 aliphatic carbocycles. The maximum absolute atomic E-state index is 13.5. The van der Waals surface area contributed by atoms with E-state index in [2.05, 4.69) is 10.2 Å². The van der Waals surface area contributed by atoms with Gasteiger partial charge in [0.1, 0.15) is 11.9 Å². The SMILES string of the molecule is COCCNC(=O)[C@H]1CN(Cc2ccc(F)c(C#N)c2)[C@@H]2CCO[C@H]12. The number of carbonyl (C=O) groups is 1. The van der Waals surface area contributed by atoms with Crippen molar-refractivity contribution >= 4 is 5.91 Å². The molecule has 1 aromatic rings. The number of rotatable bonds is 6. The van der Waals surface area contributed by atoms with Crippen LogP contribution in [0.2, 0.25) is 0 Å². The second-order valence-electron chi connectivity index (χ2n) is 6.44. The Hall–Kier alpha value is -2.01. The predicted molar refractivity (Wildman–Crippen MR) is 88.0 cm³/mol. The van der Waals surface area contributed by atoms with Gasteiger partial charge in [0.05, 0.1) is 24.2 Å². The molecule has 2 heterocycles. The smallest absolute Gasteiger partial charge is 0.227 e. The number of nitriles is 1. The Balaban J connectivity index is 1.68. The number of likely N-dealkylation sites (tertiary alicyclic amines) is 1. The lowest BCUT2D eigenvalue weighted by molar-refractivity contribution is -0.127. The summed E-state index contributed by atoms with van der Waals surface area (Å²) in [6.45, 7) is 2.76. The van der Waals surface area contributed by atoms with Crippen LogP contribution >= 0.6 is 0 Å². The molecule has 2 aliphatic rings. The molecule has 0 aromatic heterocycles. The highest BCUT2D eigenvalue weighted by Crippen LogP contribution is 2.34. The van der Waals surface area contributed by atoms with Crippen LogP contribution in [0.15, 0.2) is 18.2 Å². The van der Waals surface area contributed by atoms with Crippen LogP contribution in [0.5, 0.6) is 0 Å². The molecule has 0 unspecified atom stereocenters. The number of ether oxygens (including phenoxy) is 2. The van der Waals surface area contributed by atoms with Gasteiger partial charge in [-0.1, -0.05) is 6.07 Å². The van der Waals surface area contributed by atoms with Gasteiger partial charge >= 0.3 is 0 Å². The fraction of sp³-hybridized carbons (Fsp3) is 0.556. The molecule has 3 rings (SSSR count). The van der Waals surface area contributed by atoms with Gasteiger partial charge in [-0.25, -0.2) is 4.39 Å². The maximum Gasteiger partial charge on any atom is 0.227 e. The number of methoxy groups -OCH3 is 1. The summed E-state index contributed by atoms with van der Waals surface area (Å²) in [6.07, 6.45) is 0.761. The van der Waals surface area contributed by atoms with Gasteiger partial charge in [-0.05, 0) is 24.1 Å². The number of nitrogens with one attached hydrogen (secondary N) is 1. The summed E-state index contributed by atoms with van der Waals surface area (Å²) < 4.78 is 24.3. The zero-order chi connectivity index (χ0) is 17.8. The molecule has 2 saturated heterocycles. The van der Waals surface area contributed by atoms with E-state index in [0.29, 0.717) is 32.8 Å². The van der Waals surface area contributed by atoms with Crippen molar-refractivity contribution in [2.24, 2.45) is 5.92 Å². The Morgan fingerprint density at radius 1 is 1.56 bits per heavy atom. The number of halogens is 1. The molecular formula is C18H22FN3O3. The lowest BCUT2D eigenvalue weighted by atomic mass is 10.0. The van der Waals surface area contributed by atoms with Crippen LogP contribution in [0.3, 0.4) is 0 Å². The maximum atomic E-state index is 13.5. The van der Waals surface area contributed by atoms with E-state index in [1.165, 1.54) is 6.07 Å². The minimum Gasteiger partial charge on any atom is -0.383 e. The molecule has 0 saturated carbocycles. The van der Waals surface area contributed by atoms with Crippen molar-refractivity contribution in [2.75, 3.05) is 33.4 Å². The first-order valence-corrected chi connectivity index (χ1v) is 8.45. The average molecular weight is 347 g/mol. The van der Waals surface area contributed by atoms with Gasteiger partial charge in [0.25, 0.3) is 0 Å². The average Bonchev–Trinajstić information content (AvgIpc) is 3.20. The van der Waals surface area contributed by atoms with Crippen LogP contribution in [-0.2, 0) is 20.8 Å². The molecule has 0 spiro atoms. The zero-order valence-corrected chi connectivity index (χ0v) is 14.2. The number of hydrogen-bond donors (Lipinski definition) is 1. The Bertz CT molecular complexity index is 676. The third-order valence-electron chi connectivity index (χ3n) is 4.88. The fourth-order valence-corrected chi connectivity index (χ4v) is 3.68. The number of carbonyl (C=O) groups excluding carboxylic acids is 1. The first-order chi connectivity index (χ1) is 12.1. The summed E-state index contributed by atoms with van der Waals surface area (Å²) in [5.41, 5.74) is 0.911. The first kappa shape index (κ1) is 17.8. The largest absolute Gasteiger partial charge is 0.383 e. The molecule has 2 aliphatic heterocycles. The lowest BCUT2D eigenvalue weighted by Gasteiger charge is -2.22. The molecule has 6 nitrogen and oxygen atoms in total. The van der Waals surface area contributed by atoms with E-state index in [1.54, 1.807) is 19.2 Å². The summed E-state index contributed by atoms with van der Waals surface area (Å²) in [5.74, 6) is -0.751. The summed E-state index contributed by atoms with van der Waals surface area (Å²) in [5, 5.41) is 11.9. The lowest BCUT2D eigenvalue weighted by Crippen LogP contribution is -2.39. The Labute approximate surface area is 146 Å². The third-order valence-corrected chi connectivity index (χ3v) is 4.88. The van der Waals surface area contributed by atoms with Gasteiger partial charge in [0, 0.05) is 39.4 Å². The van der Waals surface area contributed by atoms with Crippen molar-refractivity contribution < 1.29 is 18.7 Å². The Morgan fingerprint density at radius 2 is 2.40 bits per heavy atom. The molecule has 7 heteroatoms. The summed E-state index contributed by atoms with van der Waals surface area (Å²) >= 11 is 0. The van der Waals surface area contributed by atoms with E-state index in [-0.39, 0.29) is 29.5 Å². The molecule has 0 bridgehead atoms. The highest BCUT2D eigenvalue weighted by Gasteiger charge is 2.48. The normalized spacial score (nSPS) is 25.6. The van der Waals surface area contributed by atoms with Crippen LogP contribution < -0.4 is 5.32 Å². The van der Waals surface area contributed by atoms with Crippen molar-refractivity contribution in [2.45, 2.75) is 25.1 Å². The van der Waals surface area contributed by atoms with E-state index >= 15 is 0 Å². The topological polar surface area (TPSA) is 74.6 Å². The van der Waals surface area contributed by atoms with Gasteiger partial charge < -0.3 is 14.8 Å². The quantitative estimate of drug-likeness (QED) is 0.779. The number of amides is 1. The van der Waals surface area contributed by atoms with Crippen LogP contribution in [-0.4, -0.2) is 56.4 Å². The standard InChI is InChI=1S/C18H22FN3O3/c1-24-7-5-21-18(23)14-11-22(16-4-6-25-17(14)16)10-12-2-3-15(19)13(8-12)9-20/h2-3,8,14,16-17H,4-7,10-11H2,1H3,(H,21,23)/t14-,16+,17+/m0/s1. The van der Waals surface area contributed by atoms with Crippen molar-refractivity contribution in [3.8, 4) is 6.07 Å². The predicted octanol–water partition coefficient (Wildman–Crippen LogP) is 1.05. The number of nitrogens with zero attached hydrogens (tertiary/aromatic N) is 2.